The van der Waals surface area contributed by atoms with Crippen molar-refractivity contribution < 1.29 is 13.2 Å². The fourth-order valence-corrected chi connectivity index (χ4v) is 0.719. The second-order valence-electron chi connectivity index (χ2n) is 2.20. The molecule has 0 aromatic carbocycles. The topological polar surface area (TPSA) is 37.3 Å². The standard InChI is InChI=1S/C7H6F3N3/c1-11-13-5-2-3-6(12-4-5)7(8,9)10/h2-4,13H,1H2. The van der Waals surface area contributed by atoms with Crippen molar-refractivity contribution in [3.05, 3.63) is 24.0 Å². The van der Waals surface area contributed by atoms with Crippen LogP contribution in [-0.4, -0.2) is 11.7 Å². The maximum Gasteiger partial charge on any atom is 0.433 e. The summed E-state index contributed by atoms with van der Waals surface area (Å²) in [4.78, 5) is 3.19. The molecule has 6 heteroatoms. The largest absolute Gasteiger partial charge is 0.433 e. The van der Waals surface area contributed by atoms with Crippen LogP contribution in [0.1, 0.15) is 5.69 Å². The van der Waals surface area contributed by atoms with Gasteiger partial charge in [0.2, 0.25) is 0 Å². The van der Waals surface area contributed by atoms with Crippen molar-refractivity contribution in [2.75, 3.05) is 5.43 Å². The predicted octanol–water partition coefficient (Wildman–Crippen LogP) is 2.13. The van der Waals surface area contributed by atoms with E-state index in [4.69, 9.17) is 0 Å². The third kappa shape index (κ3) is 2.43. The van der Waals surface area contributed by atoms with Gasteiger partial charge >= 0.3 is 6.18 Å². The number of alkyl halides is 3. The molecular formula is C7H6F3N3. The number of nitrogens with zero attached hydrogens (tertiary/aromatic N) is 2. The van der Waals surface area contributed by atoms with Crippen LogP contribution in [0.15, 0.2) is 23.4 Å². The van der Waals surface area contributed by atoms with Crippen LogP contribution in [0.3, 0.4) is 0 Å². The number of hydrazone groups is 1. The normalized spacial score (nSPS) is 11.0. The summed E-state index contributed by atoms with van der Waals surface area (Å²) in [5.74, 6) is 0. The average Bonchev–Trinajstić information content (AvgIpc) is 2.04. The highest BCUT2D eigenvalue weighted by Crippen LogP contribution is 2.27. The maximum absolute atomic E-state index is 12.0. The highest BCUT2D eigenvalue weighted by atomic mass is 19.4. The molecule has 1 aromatic rings. The smallest absolute Gasteiger partial charge is 0.278 e. The van der Waals surface area contributed by atoms with Crippen molar-refractivity contribution in [3.63, 3.8) is 0 Å². The van der Waals surface area contributed by atoms with Crippen molar-refractivity contribution in [2.45, 2.75) is 6.18 Å². The van der Waals surface area contributed by atoms with E-state index in [0.29, 0.717) is 5.69 Å². The lowest BCUT2D eigenvalue weighted by Gasteiger charge is -2.05. The first-order chi connectivity index (χ1) is 6.04. The Bertz CT molecular complexity index is 291. The van der Waals surface area contributed by atoms with E-state index in [1.54, 1.807) is 0 Å². The molecule has 70 valence electrons. The summed E-state index contributed by atoms with van der Waals surface area (Å²) in [5.41, 5.74) is 1.81. The summed E-state index contributed by atoms with van der Waals surface area (Å²) in [6.45, 7) is 3.12. The Hall–Kier alpha value is -1.59. The minimum atomic E-state index is -4.40. The van der Waals surface area contributed by atoms with Crippen LogP contribution in [0.2, 0.25) is 0 Å². The number of anilines is 1. The summed E-state index contributed by atoms with van der Waals surface area (Å²) in [5, 5.41) is 3.28. The summed E-state index contributed by atoms with van der Waals surface area (Å²) in [7, 11) is 0. The highest BCUT2D eigenvalue weighted by Gasteiger charge is 2.31. The first kappa shape index (κ1) is 9.50. The minimum absolute atomic E-state index is 0.364. The van der Waals surface area contributed by atoms with E-state index in [2.05, 4.69) is 22.2 Å². The van der Waals surface area contributed by atoms with Crippen LogP contribution in [0.4, 0.5) is 18.9 Å². The van der Waals surface area contributed by atoms with Gasteiger partial charge in [-0.1, -0.05) is 0 Å². The molecule has 0 aliphatic rings. The Morgan fingerprint density at radius 1 is 1.38 bits per heavy atom. The lowest BCUT2D eigenvalue weighted by atomic mass is 10.3. The minimum Gasteiger partial charge on any atom is -0.278 e. The molecule has 1 N–H and O–H groups in total. The summed E-state index contributed by atoms with van der Waals surface area (Å²) in [6, 6.07) is 2.10. The second kappa shape index (κ2) is 3.42. The number of rotatable bonds is 2. The van der Waals surface area contributed by atoms with Crippen LogP contribution in [0, 0.1) is 0 Å². The fraction of sp³-hybridized carbons (Fsp3) is 0.143. The quantitative estimate of drug-likeness (QED) is 0.571. The van der Waals surface area contributed by atoms with Gasteiger partial charge in [0.1, 0.15) is 5.69 Å². The van der Waals surface area contributed by atoms with Crippen LogP contribution in [0.5, 0.6) is 0 Å². The van der Waals surface area contributed by atoms with Gasteiger partial charge in [0.05, 0.1) is 11.9 Å². The van der Waals surface area contributed by atoms with Gasteiger partial charge in [0.25, 0.3) is 0 Å². The zero-order valence-electron chi connectivity index (χ0n) is 6.47. The molecule has 0 aliphatic heterocycles. The lowest BCUT2D eigenvalue weighted by molar-refractivity contribution is -0.141. The van der Waals surface area contributed by atoms with Crippen LogP contribution in [0.25, 0.3) is 0 Å². The molecule has 0 fully saturated rings. The van der Waals surface area contributed by atoms with Crippen LogP contribution in [-0.2, 0) is 6.18 Å². The van der Waals surface area contributed by atoms with Gasteiger partial charge in [-0.3, -0.25) is 5.43 Å². The van der Waals surface area contributed by atoms with Gasteiger partial charge in [0, 0.05) is 6.72 Å². The molecule has 0 unspecified atom stereocenters. The van der Waals surface area contributed by atoms with Crippen molar-refractivity contribution in [3.8, 4) is 0 Å². The zero-order chi connectivity index (χ0) is 9.90. The molecular weight excluding hydrogens is 183 g/mol. The highest BCUT2D eigenvalue weighted by molar-refractivity contribution is 5.42. The second-order valence-corrected chi connectivity index (χ2v) is 2.20. The van der Waals surface area contributed by atoms with Crippen LogP contribution >= 0.6 is 0 Å². The molecule has 0 aliphatic carbocycles. The molecule has 3 nitrogen and oxygen atoms in total. The van der Waals surface area contributed by atoms with E-state index in [1.807, 2.05) is 0 Å². The number of hydrogen-bond donors (Lipinski definition) is 1. The Labute approximate surface area is 72.3 Å². The molecule has 0 spiro atoms. The number of pyridine rings is 1. The molecule has 0 amide bonds. The lowest BCUT2D eigenvalue weighted by Crippen LogP contribution is -2.07. The monoisotopic (exact) mass is 189 g/mol. The van der Waals surface area contributed by atoms with Crippen LogP contribution < -0.4 is 5.43 Å². The third-order valence-electron chi connectivity index (χ3n) is 1.26. The van der Waals surface area contributed by atoms with E-state index in [-0.39, 0.29) is 0 Å². The molecule has 13 heavy (non-hydrogen) atoms. The Morgan fingerprint density at radius 3 is 2.46 bits per heavy atom. The van der Waals surface area contributed by atoms with Gasteiger partial charge in [-0.15, -0.1) is 0 Å². The molecule has 0 bridgehead atoms. The summed E-state index contributed by atoms with van der Waals surface area (Å²) >= 11 is 0. The van der Waals surface area contributed by atoms with E-state index < -0.39 is 11.9 Å². The zero-order valence-corrected chi connectivity index (χ0v) is 6.47. The first-order valence-corrected chi connectivity index (χ1v) is 3.29. The molecule has 0 saturated heterocycles. The van der Waals surface area contributed by atoms with Gasteiger partial charge in [-0.05, 0) is 12.1 Å². The van der Waals surface area contributed by atoms with Gasteiger partial charge in [-0.2, -0.15) is 18.3 Å². The number of nitrogens with one attached hydrogen (secondary N) is 1. The van der Waals surface area contributed by atoms with Crippen molar-refractivity contribution in [1.29, 1.82) is 0 Å². The summed E-state index contributed by atoms with van der Waals surface area (Å²) < 4.78 is 36.0. The Balaban J connectivity index is 2.87. The van der Waals surface area contributed by atoms with E-state index in [0.717, 1.165) is 12.3 Å². The average molecular weight is 189 g/mol. The number of hydrogen-bond acceptors (Lipinski definition) is 3. The van der Waals surface area contributed by atoms with Gasteiger partial charge in [-0.25, -0.2) is 4.98 Å². The molecule has 1 aromatic heterocycles. The fourth-order valence-electron chi connectivity index (χ4n) is 0.719. The van der Waals surface area contributed by atoms with Gasteiger partial charge < -0.3 is 0 Å². The van der Waals surface area contributed by atoms with E-state index in [1.165, 1.54) is 6.07 Å². The van der Waals surface area contributed by atoms with E-state index >= 15 is 0 Å². The Morgan fingerprint density at radius 2 is 2.08 bits per heavy atom. The molecule has 0 atom stereocenters. The number of aromatic nitrogens is 1. The first-order valence-electron chi connectivity index (χ1n) is 3.29. The number of halogens is 3. The van der Waals surface area contributed by atoms with Crippen molar-refractivity contribution in [1.82, 2.24) is 4.98 Å². The molecule has 1 rings (SSSR count). The SMILES string of the molecule is C=NNc1ccc(C(F)(F)F)nc1. The predicted molar refractivity (Wildman–Crippen MR) is 42.4 cm³/mol. The molecule has 1 heterocycles. The van der Waals surface area contributed by atoms with Gasteiger partial charge in [0.15, 0.2) is 0 Å². The van der Waals surface area contributed by atoms with E-state index in [9.17, 15) is 13.2 Å². The summed E-state index contributed by atoms with van der Waals surface area (Å²) in [6.07, 6.45) is -3.36. The molecule has 0 saturated carbocycles. The van der Waals surface area contributed by atoms with Crippen molar-refractivity contribution in [2.24, 2.45) is 5.10 Å². The molecule has 0 radical (unpaired) electrons. The Kier molecular flexibility index (Phi) is 2.50. The third-order valence-corrected chi connectivity index (χ3v) is 1.26. The maximum atomic E-state index is 12.0. The van der Waals surface area contributed by atoms with Crippen molar-refractivity contribution >= 4 is 12.4 Å².